The van der Waals surface area contributed by atoms with Crippen LogP contribution in [0.25, 0.3) is 5.69 Å². The molecule has 1 heterocycles. The zero-order valence-corrected chi connectivity index (χ0v) is 21.6. The maximum atomic E-state index is 13.6. The molecule has 0 saturated carbocycles. The van der Waals surface area contributed by atoms with Gasteiger partial charge in [0.25, 0.3) is 0 Å². The van der Waals surface area contributed by atoms with Crippen molar-refractivity contribution in [1.29, 1.82) is 0 Å². The van der Waals surface area contributed by atoms with Crippen LogP contribution in [0.1, 0.15) is 22.2 Å². The van der Waals surface area contributed by atoms with E-state index in [1.165, 1.54) is 23.9 Å². The molecule has 0 spiro atoms. The Morgan fingerprint density at radius 3 is 2.66 bits per heavy atom. The molecule has 7 nitrogen and oxygen atoms in total. The summed E-state index contributed by atoms with van der Waals surface area (Å²) >= 11 is 10.7. The van der Waals surface area contributed by atoms with Crippen molar-refractivity contribution in [2.75, 3.05) is 6.54 Å². The molecule has 0 aliphatic rings. The molecule has 180 valence electrons. The number of ether oxygens (including phenoxy) is 1. The number of nitro groups is 1. The summed E-state index contributed by atoms with van der Waals surface area (Å²) in [5.41, 5.74) is 2.05. The SMILES string of the molecule is Cc1nnc(S[C@@H](C[N+](=O)[O-])c2cc(Br)ccc2OCc2cccc(F)c2)n1-c1ccc(Cl)cc1. The lowest BCUT2D eigenvalue weighted by Crippen LogP contribution is -2.12. The molecule has 4 aromatic rings. The van der Waals surface area contributed by atoms with Crippen molar-refractivity contribution in [2.45, 2.75) is 23.9 Å². The van der Waals surface area contributed by atoms with Gasteiger partial charge in [0.15, 0.2) is 5.16 Å². The minimum Gasteiger partial charge on any atom is -0.489 e. The molecule has 3 aromatic carbocycles. The predicted molar refractivity (Wildman–Crippen MR) is 136 cm³/mol. The van der Waals surface area contributed by atoms with Crippen LogP contribution < -0.4 is 4.74 Å². The number of halogens is 3. The van der Waals surface area contributed by atoms with Gasteiger partial charge < -0.3 is 4.74 Å². The molecule has 1 aromatic heterocycles. The van der Waals surface area contributed by atoms with Gasteiger partial charge in [0.1, 0.15) is 29.2 Å². The molecule has 35 heavy (non-hydrogen) atoms. The van der Waals surface area contributed by atoms with Crippen LogP contribution >= 0.6 is 39.3 Å². The number of aromatic nitrogens is 3. The van der Waals surface area contributed by atoms with Gasteiger partial charge in [-0.3, -0.25) is 14.7 Å². The van der Waals surface area contributed by atoms with Gasteiger partial charge in [-0.05, 0) is 67.1 Å². The summed E-state index contributed by atoms with van der Waals surface area (Å²) in [6, 6.07) is 18.6. The first-order valence-electron chi connectivity index (χ1n) is 10.4. The first-order chi connectivity index (χ1) is 16.8. The number of thioether (sulfide) groups is 1. The number of rotatable bonds is 9. The van der Waals surface area contributed by atoms with Crippen molar-refractivity contribution >= 4 is 39.3 Å². The fraction of sp³-hybridized carbons (Fsp3) is 0.167. The van der Waals surface area contributed by atoms with Crippen LogP contribution in [-0.2, 0) is 6.61 Å². The van der Waals surface area contributed by atoms with Gasteiger partial charge in [0.2, 0.25) is 6.54 Å². The molecule has 0 unspecified atom stereocenters. The van der Waals surface area contributed by atoms with Crippen LogP contribution in [0, 0.1) is 22.9 Å². The van der Waals surface area contributed by atoms with Crippen LogP contribution in [0.15, 0.2) is 76.4 Å². The maximum absolute atomic E-state index is 13.6. The van der Waals surface area contributed by atoms with Crippen LogP contribution in [0.2, 0.25) is 5.02 Å². The molecule has 4 rings (SSSR count). The molecule has 0 bridgehead atoms. The highest BCUT2D eigenvalue weighted by Crippen LogP contribution is 2.41. The molecular weight excluding hydrogens is 559 g/mol. The fourth-order valence-corrected chi connectivity index (χ4v) is 5.16. The van der Waals surface area contributed by atoms with Crippen LogP contribution in [0.5, 0.6) is 5.75 Å². The van der Waals surface area contributed by atoms with Crippen molar-refractivity contribution in [3.63, 3.8) is 0 Å². The Hall–Kier alpha value is -2.95. The second-order valence-electron chi connectivity index (χ2n) is 7.56. The van der Waals surface area contributed by atoms with E-state index in [2.05, 4.69) is 26.1 Å². The van der Waals surface area contributed by atoms with Crippen LogP contribution in [-0.4, -0.2) is 26.2 Å². The third-order valence-electron chi connectivity index (χ3n) is 5.04. The summed E-state index contributed by atoms with van der Waals surface area (Å²) in [4.78, 5) is 11.3. The van der Waals surface area contributed by atoms with Crippen molar-refractivity contribution in [2.24, 2.45) is 0 Å². The van der Waals surface area contributed by atoms with E-state index in [4.69, 9.17) is 16.3 Å². The first-order valence-corrected chi connectivity index (χ1v) is 12.5. The smallest absolute Gasteiger partial charge is 0.220 e. The van der Waals surface area contributed by atoms with Gasteiger partial charge in [-0.15, -0.1) is 10.2 Å². The highest BCUT2D eigenvalue weighted by molar-refractivity contribution is 9.10. The lowest BCUT2D eigenvalue weighted by Gasteiger charge is -2.18. The third-order valence-corrected chi connectivity index (χ3v) is 6.95. The number of aryl methyl sites for hydroxylation is 1. The maximum Gasteiger partial charge on any atom is 0.220 e. The topological polar surface area (TPSA) is 83.1 Å². The second kappa shape index (κ2) is 11.2. The summed E-state index contributed by atoms with van der Waals surface area (Å²) in [6.07, 6.45) is 0. The van der Waals surface area contributed by atoms with Crippen molar-refractivity contribution in [3.8, 4) is 11.4 Å². The lowest BCUT2D eigenvalue weighted by molar-refractivity contribution is -0.479. The predicted octanol–water partition coefficient (Wildman–Crippen LogP) is 6.82. The van der Waals surface area contributed by atoms with E-state index in [1.807, 2.05) is 16.7 Å². The number of nitrogens with zero attached hydrogens (tertiary/aromatic N) is 4. The molecule has 0 radical (unpaired) electrons. The summed E-state index contributed by atoms with van der Waals surface area (Å²) < 4.78 is 22.1. The van der Waals surface area contributed by atoms with Crippen molar-refractivity contribution in [1.82, 2.24) is 14.8 Å². The van der Waals surface area contributed by atoms with Crippen molar-refractivity contribution in [3.05, 3.63) is 109 Å². The minimum absolute atomic E-state index is 0.113. The molecule has 0 saturated heterocycles. The average molecular weight is 578 g/mol. The van der Waals surface area contributed by atoms with E-state index in [-0.39, 0.29) is 23.9 Å². The number of hydrogen-bond acceptors (Lipinski definition) is 6. The largest absolute Gasteiger partial charge is 0.489 e. The second-order valence-corrected chi connectivity index (χ2v) is 10.1. The van der Waals surface area contributed by atoms with Crippen LogP contribution in [0.4, 0.5) is 4.39 Å². The Morgan fingerprint density at radius 1 is 1.17 bits per heavy atom. The Morgan fingerprint density at radius 2 is 1.94 bits per heavy atom. The van der Waals surface area contributed by atoms with Gasteiger partial charge in [-0.2, -0.15) is 0 Å². The fourth-order valence-electron chi connectivity index (χ4n) is 3.46. The molecule has 1 atom stereocenters. The molecule has 0 N–H and O–H groups in total. The highest BCUT2D eigenvalue weighted by Gasteiger charge is 2.27. The highest BCUT2D eigenvalue weighted by atomic mass is 79.9. The molecule has 11 heteroatoms. The van der Waals surface area contributed by atoms with Crippen molar-refractivity contribution < 1.29 is 14.1 Å². The number of benzene rings is 3. The Kier molecular flexibility index (Phi) is 8.04. The normalized spacial score (nSPS) is 11.9. The molecule has 0 fully saturated rings. The third kappa shape index (κ3) is 6.39. The first kappa shape index (κ1) is 25.2. The average Bonchev–Trinajstić information content (AvgIpc) is 3.18. The van der Waals surface area contributed by atoms with Crippen LogP contribution in [0.3, 0.4) is 0 Å². The summed E-state index contributed by atoms with van der Waals surface area (Å²) in [5, 5.41) is 20.5. The summed E-state index contributed by atoms with van der Waals surface area (Å²) in [5.74, 6) is 0.735. The Labute approximate surface area is 218 Å². The standard InChI is InChI=1S/C24H19BrClFN4O3S/c1-15-28-29-24(31(15)20-8-6-18(26)7-9-20)35-23(13-30(32)33)21-12-17(25)5-10-22(21)34-14-16-3-2-4-19(27)11-16/h2-12,23H,13-14H2,1H3/t23-/m0/s1. The molecule has 0 aliphatic carbocycles. The zero-order valence-electron chi connectivity index (χ0n) is 18.4. The molecule has 0 aliphatic heterocycles. The lowest BCUT2D eigenvalue weighted by atomic mass is 10.1. The van der Waals surface area contributed by atoms with Gasteiger partial charge >= 0.3 is 0 Å². The van der Waals surface area contributed by atoms with E-state index in [0.717, 1.165) is 10.2 Å². The van der Waals surface area contributed by atoms with E-state index >= 15 is 0 Å². The molecule has 0 amide bonds. The Balaban J connectivity index is 1.68. The van der Waals surface area contributed by atoms with Gasteiger partial charge in [0, 0.05) is 25.7 Å². The van der Waals surface area contributed by atoms with Gasteiger partial charge in [-0.25, -0.2) is 4.39 Å². The molecular formula is C24H19BrClFN4O3S. The monoisotopic (exact) mass is 576 g/mol. The zero-order chi connectivity index (χ0) is 24.9. The summed E-state index contributed by atoms with van der Waals surface area (Å²) in [6.45, 7) is 1.55. The van der Waals surface area contributed by atoms with E-state index in [1.54, 1.807) is 49.4 Å². The van der Waals surface area contributed by atoms with Gasteiger partial charge in [0.05, 0.1) is 0 Å². The van der Waals surface area contributed by atoms with E-state index in [0.29, 0.717) is 32.9 Å². The number of hydrogen-bond donors (Lipinski definition) is 0. The van der Waals surface area contributed by atoms with E-state index < -0.39 is 5.25 Å². The summed E-state index contributed by atoms with van der Waals surface area (Å²) in [7, 11) is 0. The Bertz CT molecular complexity index is 1350. The van der Waals surface area contributed by atoms with E-state index in [9.17, 15) is 14.5 Å². The quantitative estimate of drug-likeness (QED) is 0.123. The van der Waals surface area contributed by atoms with Gasteiger partial charge in [-0.1, -0.05) is 51.4 Å². The minimum atomic E-state index is -0.639.